The molecule has 1 N–H and O–H groups in total. The van der Waals surface area contributed by atoms with Gasteiger partial charge in [-0.25, -0.2) is 8.42 Å². The highest BCUT2D eigenvalue weighted by atomic mass is 32.2. The number of sulfonamides is 1. The average Bonchev–Trinajstić information content (AvgIpc) is 3.32. The number of nitrogens with one attached hydrogen (secondary N) is 1. The summed E-state index contributed by atoms with van der Waals surface area (Å²) < 4.78 is 26.8. The van der Waals surface area contributed by atoms with Gasteiger partial charge in [-0.1, -0.05) is 56.2 Å². The van der Waals surface area contributed by atoms with Crippen molar-refractivity contribution in [1.82, 2.24) is 10.2 Å². The lowest BCUT2D eigenvalue weighted by Crippen LogP contribution is -2.53. The summed E-state index contributed by atoms with van der Waals surface area (Å²) in [4.78, 5) is 28.8. The van der Waals surface area contributed by atoms with Crippen molar-refractivity contribution in [2.45, 2.75) is 78.4 Å². The third-order valence-corrected chi connectivity index (χ3v) is 8.13. The minimum Gasteiger partial charge on any atom is -0.352 e. The maximum absolute atomic E-state index is 13.9. The SMILES string of the molecule is CC[C@H](C(=O)NC1CCCC1)N(Cc1ccccc1C)C(=O)CN(c1cc(C)ccc1C)S(C)(=O)=O. The van der Waals surface area contributed by atoms with Crippen LogP contribution in [-0.4, -0.2) is 50.0 Å². The largest absolute Gasteiger partial charge is 0.352 e. The molecular formula is C28H39N3O4S. The number of benzene rings is 2. The Bertz CT molecular complexity index is 1190. The van der Waals surface area contributed by atoms with Gasteiger partial charge >= 0.3 is 0 Å². The first-order chi connectivity index (χ1) is 17.0. The molecule has 0 bridgehead atoms. The third kappa shape index (κ3) is 6.87. The van der Waals surface area contributed by atoms with E-state index in [1.165, 1.54) is 0 Å². The van der Waals surface area contributed by atoms with Crippen LogP contribution in [0, 0.1) is 20.8 Å². The van der Waals surface area contributed by atoms with E-state index in [9.17, 15) is 18.0 Å². The van der Waals surface area contributed by atoms with Gasteiger partial charge in [-0.3, -0.25) is 13.9 Å². The Morgan fingerprint density at radius 1 is 1.03 bits per heavy atom. The zero-order valence-electron chi connectivity index (χ0n) is 22.1. The van der Waals surface area contributed by atoms with Crippen LogP contribution in [0.3, 0.4) is 0 Å². The molecule has 7 nitrogen and oxygen atoms in total. The number of carbonyl (C=O) groups is 2. The predicted octanol–water partition coefficient (Wildman–Crippen LogP) is 4.24. The molecule has 36 heavy (non-hydrogen) atoms. The molecule has 0 spiro atoms. The molecule has 0 aromatic heterocycles. The van der Waals surface area contributed by atoms with Crippen LogP contribution in [-0.2, 0) is 26.2 Å². The van der Waals surface area contributed by atoms with Gasteiger partial charge in [0.1, 0.15) is 12.6 Å². The molecule has 2 aromatic carbocycles. The van der Waals surface area contributed by atoms with Gasteiger partial charge in [-0.05, 0) is 68.4 Å². The van der Waals surface area contributed by atoms with Crippen molar-refractivity contribution >= 4 is 27.5 Å². The highest BCUT2D eigenvalue weighted by Crippen LogP contribution is 2.25. The lowest BCUT2D eigenvalue weighted by molar-refractivity contribution is -0.140. The molecule has 1 aliphatic carbocycles. The summed E-state index contributed by atoms with van der Waals surface area (Å²) in [5.74, 6) is -0.581. The van der Waals surface area contributed by atoms with Gasteiger partial charge in [0.05, 0.1) is 11.9 Å². The van der Waals surface area contributed by atoms with E-state index >= 15 is 0 Å². The van der Waals surface area contributed by atoms with Crippen LogP contribution in [0.4, 0.5) is 5.69 Å². The summed E-state index contributed by atoms with van der Waals surface area (Å²) in [6.07, 6.45) is 5.61. The summed E-state index contributed by atoms with van der Waals surface area (Å²) in [6, 6.07) is 12.7. The van der Waals surface area contributed by atoms with Crippen LogP contribution in [0.25, 0.3) is 0 Å². The van der Waals surface area contributed by atoms with Gasteiger partial charge in [-0.2, -0.15) is 0 Å². The molecule has 1 atom stereocenters. The summed E-state index contributed by atoms with van der Waals surface area (Å²) in [5.41, 5.74) is 4.07. The molecule has 2 aromatic rings. The lowest BCUT2D eigenvalue weighted by Gasteiger charge is -2.34. The maximum Gasteiger partial charge on any atom is 0.244 e. The van der Waals surface area contributed by atoms with Crippen LogP contribution < -0.4 is 9.62 Å². The quantitative estimate of drug-likeness (QED) is 0.515. The van der Waals surface area contributed by atoms with Gasteiger partial charge in [-0.15, -0.1) is 0 Å². The fourth-order valence-corrected chi connectivity index (χ4v) is 5.74. The molecule has 1 saturated carbocycles. The Morgan fingerprint density at radius 3 is 2.31 bits per heavy atom. The molecule has 0 aliphatic heterocycles. The molecule has 0 unspecified atom stereocenters. The van der Waals surface area contributed by atoms with E-state index in [1.54, 1.807) is 11.0 Å². The van der Waals surface area contributed by atoms with Crippen LogP contribution in [0.5, 0.6) is 0 Å². The van der Waals surface area contributed by atoms with Gasteiger partial charge < -0.3 is 10.2 Å². The summed E-state index contributed by atoms with van der Waals surface area (Å²) >= 11 is 0. The van der Waals surface area contributed by atoms with Crippen molar-refractivity contribution < 1.29 is 18.0 Å². The fourth-order valence-electron chi connectivity index (χ4n) is 4.84. The molecular weight excluding hydrogens is 474 g/mol. The van der Waals surface area contributed by atoms with Crippen molar-refractivity contribution in [2.75, 3.05) is 17.1 Å². The monoisotopic (exact) mass is 513 g/mol. The second-order valence-corrected chi connectivity index (χ2v) is 11.8. The Hall–Kier alpha value is -2.87. The van der Waals surface area contributed by atoms with Crippen LogP contribution in [0.15, 0.2) is 42.5 Å². The molecule has 0 radical (unpaired) electrons. The molecule has 0 heterocycles. The molecule has 1 aliphatic rings. The van der Waals surface area contributed by atoms with E-state index in [2.05, 4.69) is 5.32 Å². The van der Waals surface area contributed by atoms with Crippen LogP contribution >= 0.6 is 0 Å². The van der Waals surface area contributed by atoms with E-state index in [1.807, 2.05) is 64.1 Å². The number of nitrogens with zero attached hydrogens (tertiary/aromatic N) is 2. The lowest BCUT2D eigenvalue weighted by atomic mass is 10.1. The van der Waals surface area contributed by atoms with Crippen molar-refractivity contribution in [2.24, 2.45) is 0 Å². The van der Waals surface area contributed by atoms with E-state index in [-0.39, 0.29) is 25.0 Å². The Balaban J connectivity index is 1.96. The second kappa shape index (κ2) is 11.9. The van der Waals surface area contributed by atoms with Crippen molar-refractivity contribution in [3.05, 3.63) is 64.7 Å². The van der Waals surface area contributed by atoms with Crippen molar-refractivity contribution in [3.63, 3.8) is 0 Å². The third-order valence-electron chi connectivity index (χ3n) is 7.00. The van der Waals surface area contributed by atoms with E-state index in [0.717, 1.165) is 58.5 Å². The van der Waals surface area contributed by atoms with Crippen molar-refractivity contribution in [3.8, 4) is 0 Å². The fraction of sp³-hybridized carbons (Fsp3) is 0.500. The standard InChI is InChI=1S/C28H39N3O4S/c1-6-25(28(33)29-24-13-9-10-14-24)30(18-23-12-8-7-11-21(23)3)27(32)19-31(36(5,34)35)26-17-20(2)15-16-22(26)4/h7-8,11-12,15-17,24-25H,6,9-10,13-14,18-19H2,1-5H3,(H,29,33)/t25-/m1/s1. The highest BCUT2D eigenvalue weighted by molar-refractivity contribution is 7.92. The topological polar surface area (TPSA) is 86.8 Å². The summed E-state index contributed by atoms with van der Waals surface area (Å²) in [5, 5.41) is 3.13. The minimum atomic E-state index is -3.75. The predicted molar refractivity (Wildman–Crippen MR) is 144 cm³/mol. The molecule has 196 valence electrons. The maximum atomic E-state index is 13.9. The van der Waals surface area contributed by atoms with E-state index in [4.69, 9.17) is 0 Å². The second-order valence-electron chi connectivity index (χ2n) is 9.92. The number of aryl methyl sites for hydroxylation is 3. The first kappa shape index (κ1) is 27.7. The zero-order chi connectivity index (χ0) is 26.5. The number of rotatable bonds is 10. The minimum absolute atomic E-state index is 0.129. The van der Waals surface area contributed by atoms with Gasteiger partial charge in [0.25, 0.3) is 0 Å². The molecule has 0 saturated heterocycles. The summed E-state index contributed by atoms with van der Waals surface area (Å²) in [6.45, 7) is 7.42. The molecule has 1 fully saturated rings. The molecule has 3 rings (SSSR count). The Labute approximate surface area is 215 Å². The summed E-state index contributed by atoms with van der Waals surface area (Å²) in [7, 11) is -3.75. The van der Waals surface area contributed by atoms with Gasteiger partial charge in [0, 0.05) is 12.6 Å². The Morgan fingerprint density at radius 2 is 1.69 bits per heavy atom. The normalized spacial score (nSPS) is 14.9. The number of anilines is 1. The van der Waals surface area contributed by atoms with Crippen molar-refractivity contribution in [1.29, 1.82) is 0 Å². The number of amides is 2. The molecule has 8 heteroatoms. The smallest absolute Gasteiger partial charge is 0.244 e. The van der Waals surface area contributed by atoms with Gasteiger partial charge in [0.15, 0.2) is 0 Å². The van der Waals surface area contributed by atoms with E-state index < -0.39 is 22.0 Å². The van der Waals surface area contributed by atoms with Gasteiger partial charge in [0.2, 0.25) is 21.8 Å². The zero-order valence-corrected chi connectivity index (χ0v) is 22.9. The van der Waals surface area contributed by atoms with E-state index in [0.29, 0.717) is 12.1 Å². The first-order valence-electron chi connectivity index (χ1n) is 12.7. The average molecular weight is 514 g/mol. The Kier molecular flexibility index (Phi) is 9.17. The number of carbonyl (C=O) groups excluding carboxylic acids is 2. The highest BCUT2D eigenvalue weighted by Gasteiger charge is 2.33. The molecule has 2 amide bonds. The number of hydrogen-bond acceptors (Lipinski definition) is 4. The van der Waals surface area contributed by atoms with Crippen LogP contribution in [0.2, 0.25) is 0 Å². The van der Waals surface area contributed by atoms with Crippen LogP contribution in [0.1, 0.15) is 61.3 Å². The number of hydrogen-bond donors (Lipinski definition) is 1. The first-order valence-corrected chi connectivity index (χ1v) is 14.6.